The summed E-state index contributed by atoms with van der Waals surface area (Å²) < 4.78 is 14.1. The van der Waals surface area contributed by atoms with Gasteiger partial charge in [-0.15, -0.1) is 11.3 Å². The van der Waals surface area contributed by atoms with Crippen LogP contribution in [-0.2, 0) is 19.5 Å². The highest BCUT2D eigenvalue weighted by Gasteiger charge is 2.20. The summed E-state index contributed by atoms with van der Waals surface area (Å²) in [5.41, 5.74) is 1.50. The van der Waals surface area contributed by atoms with Crippen molar-refractivity contribution in [2.24, 2.45) is 0 Å². The Kier molecular flexibility index (Phi) is 3.54. The lowest BCUT2D eigenvalue weighted by atomic mass is 10.1. The van der Waals surface area contributed by atoms with Crippen molar-refractivity contribution >= 4 is 17.3 Å². The Morgan fingerprint density at radius 1 is 1.40 bits per heavy atom. The van der Waals surface area contributed by atoms with Crippen molar-refractivity contribution in [3.05, 3.63) is 57.0 Å². The van der Waals surface area contributed by atoms with Gasteiger partial charge in [0.15, 0.2) is 0 Å². The first-order valence-corrected chi connectivity index (χ1v) is 7.31. The molecule has 1 aromatic carbocycles. The lowest BCUT2D eigenvalue weighted by Gasteiger charge is -2.27. The van der Waals surface area contributed by atoms with E-state index in [1.165, 1.54) is 16.5 Å². The van der Waals surface area contributed by atoms with Gasteiger partial charge in [-0.05, 0) is 29.5 Å². The molecule has 0 radical (unpaired) electrons. The maximum atomic E-state index is 14.1. The SMILES string of the molecule is O=C(O)c1cccc(CN2CCc3sccc3C2)c1F. The zero-order chi connectivity index (χ0) is 14.1. The molecule has 0 spiro atoms. The van der Waals surface area contributed by atoms with Crippen LogP contribution in [0.3, 0.4) is 0 Å². The van der Waals surface area contributed by atoms with Crippen LogP contribution in [0, 0.1) is 5.82 Å². The van der Waals surface area contributed by atoms with E-state index in [-0.39, 0.29) is 5.56 Å². The number of carboxylic acids is 1. The van der Waals surface area contributed by atoms with Crippen LogP contribution < -0.4 is 0 Å². The summed E-state index contributed by atoms with van der Waals surface area (Å²) in [6, 6.07) is 6.66. The van der Waals surface area contributed by atoms with E-state index in [9.17, 15) is 9.18 Å². The first-order valence-electron chi connectivity index (χ1n) is 6.43. The second-order valence-electron chi connectivity index (χ2n) is 4.91. The van der Waals surface area contributed by atoms with Gasteiger partial charge in [0.25, 0.3) is 0 Å². The molecular weight excluding hydrogens is 277 g/mol. The topological polar surface area (TPSA) is 40.5 Å². The third kappa shape index (κ3) is 2.46. The maximum Gasteiger partial charge on any atom is 0.338 e. The first-order chi connectivity index (χ1) is 9.65. The van der Waals surface area contributed by atoms with Gasteiger partial charge in [0.05, 0.1) is 5.56 Å². The van der Waals surface area contributed by atoms with Gasteiger partial charge < -0.3 is 5.11 Å². The summed E-state index contributed by atoms with van der Waals surface area (Å²) in [7, 11) is 0. The van der Waals surface area contributed by atoms with E-state index in [0.717, 1.165) is 19.5 Å². The largest absolute Gasteiger partial charge is 0.478 e. The lowest BCUT2D eigenvalue weighted by molar-refractivity contribution is 0.0691. The second kappa shape index (κ2) is 5.34. The standard InChI is InChI=1S/C15H14FNO2S/c16-14-11(2-1-3-12(14)15(18)19)9-17-6-4-13-10(8-17)5-7-20-13/h1-3,5,7H,4,6,8-9H2,(H,18,19). The number of nitrogens with zero attached hydrogens (tertiary/aromatic N) is 1. The van der Waals surface area contributed by atoms with Gasteiger partial charge in [-0.2, -0.15) is 0 Å². The molecule has 0 amide bonds. The molecule has 0 saturated heterocycles. The van der Waals surface area contributed by atoms with Crippen molar-refractivity contribution in [1.82, 2.24) is 4.90 Å². The van der Waals surface area contributed by atoms with Crippen LogP contribution >= 0.6 is 11.3 Å². The molecule has 1 aliphatic rings. The molecule has 1 N–H and O–H groups in total. The van der Waals surface area contributed by atoms with Gasteiger partial charge in [0.1, 0.15) is 5.82 Å². The number of carbonyl (C=O) groups is 1. The van der Waals surface area contributed by atoms with Gasteiger partial charge in [-0.25, -0.2) is 9.18 Å². The predicted molar refractivity (Wildman–Crippen MR) is 75.5 cm³/mol. The molecule has 2 heterocycles. The van der Waals surface area contributed by atoms with Crippen LogP contribution in [0.2, 0.25) is 0 Å². The van der Waals surface area contributed by atoms with Gasteiger partial charge in [0.2, 0.25) is 0 Å². The normalized spacial score (nSPS) is 15.1. The molecule has 0 aliphatic carbocycles. The number of hydrogen-bond donors (Lipinski definition) is 1. The van der Waals surface area contributed by atoms with E-state index in [2.05, 4.69) is 16.3 Å². The number of benzene rings is 1. The van der Waals surface area contributed by atoms with E-state index < -0.39 is 11.8 Å². The monoisotopic (exact) mass is 291 g/mol. The highest BCUT2D eigenvalue weighted by Crippen LogP contribution is 2.25. The number of hydrogen-bond acceptors (Lipinski definition) is 3. The van der Waals surface area contributed by atoms with Gasteiger partial charge in [0, 0.05) is 30.1 Å². The Balaban J connectivity index is 1.79. The molecule has 104 valence electrons. The van der Waals surface area contributed by atoms with Crippen LogP contribution in [0.25, 0.3) is 0 Å². The fraction of sp³-hybridized carbons (Fsp3) is 0.267. The average Bonchev–Trinajstić information content (AvgIpc) is 2.88. The molecule has 0 saturated carbocycles. The summed E-state index contributed by atoms with van der Waals surface area (Å²) in [5.74, 6) is -1.83. The van der Waals surface area contributed by atoms with Crippen molar-refractivity contribution < 1.29 is 14.3 Å². The maximum absolute atomic E-state index is 14.1. The number of rotatable bonds is 3. The fourth-order valence-electron chi connectivity index (χ4n) is 2.55. The number of carboxylic acid groups (broad SMARTS) is 1. The molecule has 3 nitrogen and oxygen atoms in total. The quantitative estimate of drug-likeness (QED) is 0.944. The molecule has 0 atom stereocenters. The highest BCUT2D eigenvalue weighted by molar-refractivity contribution is 7.10. The van der Waals surface area contributed by atoms with Gasteiger partial charge >= 0.3 is 5.97 Å². The number of fused-ring (bicyclic) bond motifs is 1. The molecule has 20 heavy (non-hydrogen) atoms. The van der Waals surface area contributed by atoms with E-state index in [1.54, 1.807) is 23.5 Å². The van der Waals surface area contributed by atoms with Crippen LogP contribution in [0.15, 0.2) is 29.6 Å². The van der Waals surface area contributed by atoms with Crippen LogP contribution in [0.1, 0.15) is 26.4 Å². The minimum absolute atomic E-state index is 0.254. The molecular formula is C15H14FNO2S. The molecule has 1 aliphatic heterocycles. The molecule has 3 rings (SSSR count). The third-order valence-corrected chi connectivity index (χ3v) is 4.61. The van der Waals surface area contributed by atoms with E-state index in [0.29, 0.717) is 12.1 Å². The van der Waals surface area contributed by atoms with Crippen LogP contribution in [-0.4, -0.2) is 22.5 Å². The third-order valence-electron chi connectivity index (χ3n) is 3.59. The molecule has 1 aromatic heterocycles. The lowest BCUT2D eigenvalue weighted by Crippen LogP contribution is -2.29. The zero-order valence-corrected chi connectivity index (χ0v) is 11.6. The van der Waals surface area contributed by atoms with Crippen LogP contribution in [0.4, 0.5) is 4.39 Å². The average molecular weight is 291 g/mol. The minimum Gasteiger partial charge on any atom is -0.478 e. The fourth-order valence-corrected chi connectivity index (χ4v) is 3.44. The number of aromatic carboxylic acids is 1. The summed E-state index contributed by atoms with van der Waals surface area (Å²) in [4.78, 5) is 14.5. The van der Waals surface area contributed by atoms with Crippen LogP contribution in [0.5, 0.6) is 0 Å². The Labute approximate surface area is 120 Å². The van der Waals surface area contributed by atoms with Gasteiger partial charge in [-0.3, -0.25) is 4.90 Å². The Bertz CT molecular complexity index is 653. The molecule has 0 unspecified atom stereocenters. The molecule has 2 aromatic rings. The Morgan fingerprint density at radius 3 is 3.05 bits per heavy atom. The van der Waals surface area contributed by atoms with Crippen molar-refractivity contribution in [1.29, 1.82) is 0 Å². The molecule has 5 heteroatoms. The molecule has 0 bridgehead atoms. The predicted octanol–water partition coefficient (Wildman–Crippen LogP) is 3.14. The summed E-state index contributed by atoms with van der Waals surface area (Å²) in [5, 5.41) is 11.0. The summed E-state index contributed by atoms with van der Waals surface area (Å²) in [6.45, 7) is 2.13. The van der Waals surface area contributed by atoms with Gasteiger partial charge in [-0.1, -0.05) is 12.1 Å². The van der Waals surface area contributed by atoms with Crippen molar-refractivity contribution in [3.8, 4) is 0 Å². The number of halogens is 1. The first kappa shape index (κ1) is 13.3. The minimum atomic E-state index is -1.22. The Morgan fingerprint density at radius 2 is 2.25 bits per heavy atom. The highest BCUT2D eigenvalue weighted by atomic mass is 32.1. The zero-order valence-electron chi connectivity index (χ0n) is 10.8. The van der Waals surface area contributed by atoms with E-state index >= 15 is 0 Å². The molecule has 0 fully saturated rings. The number of thiophene rings is 1. The Hall–Kier alpha value is -1.72. The van der Waals surface area contributed by atoms with Crippen molar-refractivity contribution in [2.45, 2.75) is 19.5 Å². The van der Waals surface area contributed by atoms with Crippen molar-refractivity contribution in [2.75, 3.05) is 6.54 Å². The van der Waals surface area contributed by atoms with Crippen molar-refractivity contribution in [3.63, 3.8) is 0 Å². The summed E-state index contributed by atoms with van der Waals surface area (Å²) >= 11 is 1.76. The second-order valence-corrected chi connectivity index (χ2v) is 5.91. The summed E-state index contributed by atoms with van der Waals surface area (Å²) in [6.07, 6.45) is 0.979. The smallest absolute Gasteiger partial charge is 0.338 e. The van der Waals surface area contributed by atoms with E-state index in [1.807, 2.05) is 0 Å². The van der Waals surface area contributed by atoms with E-state index in [4.69, 9.17) is 5.11 Å².